The summed E-state index contributed by atoms with van der Waals surface area (Å²) in [6.07, 6.45) is 1.87. The smallest absolute Gasteiger partial charge is 0.345 e. The van der Waals surface area contributed by atoms with Gasteiger partial charge in [0.1, 0.15) is 4.88 Å². The number of benzene rings is 1. The second kappa shape index (κ2) is 8.14. The van der Waals surface area contributed by atoms with Gasteiger partial charge in [-0.2, -0.15) is 0 Å². The highest BCUT2D eigenvalue weighted by atomic mass is 32.1. The number of carbonyl (C=O) groups excluding carboxylic acids is 2. The summed E-state index contributed by atoms with van der Waals surface area (Å²) in [6.45, 7) is 1.12. The van der Waals surface area contributed by atoms with Gasteiger partial charge in [0.05, 0.1) is 4.88 Å². The monoisotopic (exact) mass is 372 g/mol. The van der Waals surface area contributed by atoms with Crippen molar-refractivity contribution in [2.75, 3.05) is 13.1 Å². The van der Waals surface area contributed by atoms with E-state index in [1.165, 1.54) is 12.1 Å². The van der Waals surface area contributed by atoms with E-state index in [0.29, 0.717) is 37.2 Å². The molecule has 1 aliphatic heterocycles. The predicted octanol–water partition coefficient (Wildman–Crippen LogP) is 2.41. The quantitative estimate of drug-likeness (QED) is 0.815. The van der Waals surface area contributed by atoms with E-state index >= 15 is 0 Å². The molecule has 1 unspecified atom stereocenters. The van der Waals surface area contributed by atoms with Crippen LogP contribution in [0.3, 0.4) is 0 Å². The van der Waals surface area contributed by atoms with Crippen molar-refractivity contribution in [1.82, 2.24) is 10.2 Å². The van der Waals surface area contributed by atoms with Crippen LogP contribution in [0.4, 0.5) is 0 Å². The molecule has 1 aromatic carbocycles. The summed E-state index contributed by atoms with van der Waals surface area (Å²) >= 11 is 0.953. The first-order valence-corrected chi connectivity index (χ1v) is 9.30. The van der Waals surface area contributed by atoms with E-state index < -0.39 is 5.97 Å². The van der Waals surface area contributed by atoms with Gasteiger partial charge in [0.15, 0.2) is 0 Å². The molecule has 0 radical (unpaired) electrons. The first-order valence-electron chi connectivity index (χ1n) is 8.48. The average Bonchev–Trinajstić information content (AvgIpc) is 3.30. The number of aromatic carboxylic acids is 1. The van der Waals surface area contributed by atoms with Gasteiger partial charge in [0.25, 0.3) is 5.91 Å². The van der Waals surface area contributed by atoms with Crippen molar-refractivity contribution in [3.63, 3.8) is 0 Å². The molecule has 1 atom stereocenters. The van der Waals surface area contributed by atoms with Gasteiger partial charge in [0, 0.05) is 25.6 Å². The third kappa shape index (κ3) is 4.49. The van der Waals surface area contributed by atoms with Crippen molar-refractivity contribution >= 4 is 29.1 Å². The molecular formula is C19H20N2O4S. The van der Waals surface area contributed by atoms with Crippen molar-refractivity contribution in [2.24, 2.45) is 0 Å². The fourth-order valence-electron chi connectivity index (χ4n) is 2.99. The largest absolute Gasteiger partial charge is 0.477 e. The fraction of sp³-hybridized carbons (Fsp3) is 0.316. The molecule has 1 aliphatic rings. The SMILES string of the molecule is O=C(O)c1ccc(C(=O)NC2CCN(C(=O)CCc3ccccc3)C2)s1. The zero-order valence-electron chi connectivity index (χ0n) is 14.2. The van der Waals surface area contributed by atoms with Gasteiger partial charge in [-0.15, -0.1) is 11.3 Å². The van der Waals surface area contributed by atoms with Crippen molar-refractivity contribution in [1.29, 1.82) is 0 Å². The summed E-state index contributed by atoms with van der Waals surface area (Å²) in [4.78, 5) is 37.8. The third-order valence-electron chi connectivity index (χ3n) is 4.39. The molecule has 1 fully saturated rings. The average molecular weight is 372 g/mol. The van der Waals surface area contributed by atoms with Crippen molar-refractivity contribution < 1.29 is 19.5 Å². The number of hydrogen-bond donors (Lipinski definition) is 2. The van der Waals surface area contributed by atoms with Gasteiger partial charge in [-0.25, -0.2) is 4.79 Å². The standard InChI is InChI=1S/C19H20N2O4S/c22-17(9-6-13-4-2-1-3-5-13)21-11-10-14(12-21)20-18(23)15-7-8-16(26-15)19(24)25/h1-5,7-8,14H,6,9-12H2,(H,20,23)(H,24,25). The number of aryl methyl sites for hydroxylation is 1. The summed E-state index contributed by atoms with van der Waals surface area (Å²) in [5, 5.41) is 11.8. The highest BCUT2D eigenvalue weighted by Crippen LogP contribution is 2.18. The summed E-state index contributed by atoms with van der Waals surface area (Å²) < 4.78 is 0. The zero-order valence-corrected chi connectivity index (χ0v) is 15.0. The van der Waals surface area contributed by atoms with Crippen LogP contribution < -0.4 is 5.32 Å². The molecule has 0 bridgehead atoms. The second-order valence-corrected chi connectivity index (χ2v) is 7.34. The number of hydrogen-bond acceptors (Lipinski definition) is 4. The van der Waals surface area contributed by atoms with Crippen molar-refractivity contribution in [3.8, 4) is 0 Å². The highest BCUT2D eigenvalue weighted by Gasteiger charge is 2.27. The van der Waals surface area contributed by atoms with Crippen LogP contribution in [-0.4, -0.2) is 46.9 Å². The molecule has 136 valence electrons. The molecule has 0 saturated carbocycles. The van der Waals surface area contributed by atoms with Gasteiger partial charge in [-0.3, -0.25) is 9.59 Å². The minimum atomic E-state index is -1.04. The molecule has 26 heavy (non-hydrogen) atoms. The van der Waals surface area contributed by atoms with Gasteiger partial charge in [-0.1, -0.05) is 30.3 Å². The third-order valence-corrected chi connectivity index (χ3v) is 5.46. The van der Waals surface area contributed by atoms with Gasteiger partial charge in [-0.05, 0) is 30.5 Å². The Hall–Kier alpha value is -2.67. The molecule has 1 aromatic heterocycles. The van der Waals surface area contributed by atoms with E-state index in [-0.39, 0.29) is 22.7 Å². The number of carboxylic acid groups (broad SMARTS) is 1. The maximum atomic E-state index is 12.3. The lowest BCUT2D eigenvalue weighted by Crippen LogP contribution is -2.38. The van der Waals surface area contributed by atoms with E-state index in [9.17, 15) is 14.4 Å². The van der Waals surface area contributed by atoms with Crippen molar-refractivity contribution in [3.05, 3.63) is 57.8 Å². The number of likely N-dealkylation sites (tertiary alicyclic amines) is 1. The maximum Gasteiger partial charge on any atom is 0.345 e. The number of thiophene rings is 1. The van der Waals surface area contributed by atoms with Gasteiger partial charge in [0.2, 0.25) is 5.91 Å². The molecule has 6 nitrogen and oxygen atoms in total. The lowest BCUT2D eigenvalue weighted by Gasteiger charge is -2.17. The lowest BCUT2D eigenvalue weighted by molar-refractivity contribution is -0.130. The van der Waals surface area contributed by atoms with Crippen LogP contribution in [-0.2, 0) is 11.2 Å². The van der Waals surface area contributed by atoms with E-state index in [4.69, 9.17) is 5.11 Å². The Bertz CT molecular complexity index is 803. The number of amides is 2. The van der Waals surface area contributed by atoms with Crippen LogP contribution >= 0.6 is 11.3 Å². The highest BCUT2D eigenvalue weighted by molar-refractivity contribution is 7.15. The van der Waals surface area contributed by atoms with Crippen LogP contribution in [0.1, 0.15) is 37.7 Å². The van der Waals surface area contributed by atoms with Crippen molar-refractivity contribution in [2.45, 2.75) is 25.3 Å². The number of carbonyl (C=O) groups is 3. The Balaban J connectivity index is 1.47. The summed E-state index contributed by atoms with van der Waals surface area (Å²) in [7, 11) is 0. The molecular weight excluding hydrogens is 352 g/mol. The molecule has 1 saturated heterocycles. The number of carboxylic acids is 1. The molecule has 0 spiro atoms. The molecule has 2 N–H and O–H groups in total. The Labute approximate surface area is 155 Å². The number of rotatable bonds is 6. The molecule has 2 heterocycles. The van der Waals surface area contributed by atoms with Crippen LogP contribution in [0.15, 0.2) is 42.5 Å². The van der Waals surface area contributed by atoms with E-state index in [2.05, 4.69) is 5.32 Å². The second-order valence-electron chi connectivity index (χ2n) is 6.25. The van der Waals surface area contributed by atoms with Crippen LogP contribution in [0, 0.1) is 0 Å². The summed E-state index contributed by atoms with van der Waals surface area (Å²) in [5.41, 5.74) is 1.14. The Morgan fingerprint density at radius 1 is 1.12 bits per heavy atom. The maximum absolute atomic E-state index is 12.3. The van der Waals surface area contributed by atoms with E-state index in [1.54, 1.807) is 4.90 Å². The number of nitrogens with zero attached hydrogens (tertiary/aromatic N) is 1. The van der Waals surface area contributed by atoms with Crippen LogP contribution in [0.5, 0.6) is 0 Å². The molecule has 2 amide bonds. The first-order chi connectivity index (χ1) is 12.5. The molecule has 0 aliphatic carbocycles. The minimum Gasteiger partial charge on any atom is -0.477 e. The normalized spacial score (nSPS) is 16.5. The molecule has 7 heteroatoms. The topological polar surface area (TPSA) is 86.7 Å². The molecule has 3 rings (SSSR count). The van der Waals surface area contributed by atoms with Gasteiger partial charge < -0.3 is 15.3 Å². The predicted molar refractivity (Wildman–Crippen MR) is 98.5 cm³/mol. The van der Waals surface area contributed by atoms with Crippen LogP contribution in [0.25, 0.3) is 0 Å². The Kier molecular flexibility index (Phi) is 5.68. The lowest BCUT2D eigenvalue weighted by atomic mass is 10.1. The summed E-state index contributed by atoms with van der Waals surface area (Å²) in [6, 6.07) is 12.7. The first kappa shape index (κ1) is 18.1. The molecule has 2 aromatic rings. The Morgan fingerprint density at radius 3 is 2.54 bits per heavy atom. The van der Waals surface area contributed by atoms with E-state index in [0.717, 1.165) is 16.9 Å². The van der Waals surface area contributed by atoms with Gasteiger partial charge >= 0.3 is 5.97 Å². The minimum absolute atomic E-state index is 0.0925. The number of nitrogens with one attached hydrogen (secondary N) is 1. The fourth-order valence-corrected chi connectivity index (χ4v) is 3.74. The Morgan fingerprint density at radius 2 is 1.85 bits per heavy atom. The van der Waals surface area contributed by atoms with Crippen LogP contribution in [0.2, 0.25) is 0 Å². The summed E-state index contributed by atoms with van der Waals surface area (Å²) in [5.74, 6) is -1.23. The zero-order chi connectivity index (χ0) is 18.5. The van der Waals surface area contributed by atoms with E-state index in [1.807, 2.05) is 30.3 Å².